The second-order valence-corrected chi connectivity index (χ2v) is 8.75. The summed E-state index contributed by atoms with van der Waals surface area (Å²) < 4.78 is 1.58. The molecule has 2 saturated carbocycles. The number of amides is 2. The third-order valence-corrected chi connectivity index (χ3v) is 6.33. The van der Waals surface area contributed by atoms with E-state index < -0.39 is 0 Å². The first-order valence-electron chi connectivity index (χ1n) is 11.0. The zero-order valence-corrected chi connectivity index (χ0v) is 18.0. The topological polar surface area (TPSA) is 79.3 Å². The molecule has 0 bridgehead atoms. The highest BCUT2D eigenvalue weighted by atomic mass is 35.5. The smallest absolute Gasteiger partial charge is 0.257 e. The van der Waals surface area contributed by atoms with Crippen LogP contribution < -0.4 is 10.6 Å². The lowest BCUT2D eigenvalue weighted by Crippen LogP contribution is -2.45. The monoisotopic (exact) mass is 423 g/mol. The zero-order chi connectivity index (χ0) is 19.3. The lowest BCUT2D eigenvalue weighted by Gasteiger charge is -2.32. The number of nitrogens with zero attached hydrogens (tertiary/aromatic N) is 3. The fourth-order valence-corrected chi connectivity index (χ4v) is 4.35. The largest absolute Gasteiger partial charge is 0.352 e. The molecule has 0 atom stereocenters. The first kappa shape index (κ1) is 22.1. The fraction of sp³-hybridized carbons (Fsp3) is 0.762. The Balaban J connectivity index is 0.00000240. The van der Waals surface area contributed by atoms with E-state index in [9.17, 15) is 9.59 Å². The van der Waals surface area contributed by atoms with Gasteiger partial charge >= 0.3 is 0 Å². The molecule has 29 heavy (non-hydrogen) atoms. The van der Waals surface area contributed by atoms with Crippen LogP contribution in [0.2, 0.25) is 0 Å². The van der Waals surface area contributed by atoms with Gasteiger partial charge in [-0.05, 0) is 51.0 Å². The van der Waals surface area contributed by atoms with Gasteiger partial charge in [-0.15, -0.1) is 12.4 Å². The van der Waals surface area contributed by atoms with Gasteiger partial charge < -0.3 is 15.5 Å². The number of carbonyl (C=O) groups excluding carboxylic acids is 2. The normalized spacial score (nSPS) is 20.9. The van der Waals surface area contributed by atoms with Crippen LogP contribution in [0.25, 0.3) is 0 Å². The maximum atomic E-state index is 12.8. The van der Waals surface area contributed by atoms with Gasteiger partial charge in [-0.1, -0.05) is 19.3 Å². The van der Waals surface area contributed by atoms with Crippen molar-refractivity contribution >= 4 is 24.2 Å². The highest BCUT2D eigenvalue weighted by Crippen LogP contribution is 2.28. The van der Waals surface area contributed by atoms with E-state index >= 15 is 0 Å². The molecule has 1 aromatic heterocycles. The Hall–Kier alpha value is -1.60. The van der Waals surface area contributed by atoms with E-state index in [1.807, 2.05) is 4.90 Å². The lowest BCUT2D eigenvalue weighted by molar-refractivity contribution is -0.122. The van der Waals surface area contributed by atoms with Crippen LogP contribution in [0, 0.1) is 5.92 Å². The summed E-state index contributed by atoms with van der Waals surface area (Å²) in [5.41, 5.74) is 0.579. The van der Waals surface area contributed by atoms with E-state index in [4.69, 9.17) is 0 Å². The molecule has 3 aliphatic rings. The maximum Gasteiger partial charge on any atom is 0.257 e. The number of halogens is 1. The molecule has 7 nitrogen and oxygen atoms in total. The SMILES string of the molecule is Cl.O=C(Cn1cc(C(=O)N2CCC(NCC3CC3)CC2)cn1)NC1CCCCC1. The minimum absolute atomic E-state index is 0. The van der Waals surface area contributed by atoms with Crippen LogP contribution in [0.5, 0.6) is 0 Å². The van der Waals surface area contributed by atoms with E-state index in [0.29, 0.717) is 17.6 Å². The quantitative estimate of drug-likeness (QED) is 0.705. The summed E-state index contributed by atoms with van der Waals surface area (Å²) in [6.45, 7) is 2.88. The Morgan fingerprint density at radius 1 is 1.00 bits per heavy atom. The van der Waals surface area contributed by atoms with E-state index in [0.717, 1.165) is 51.2 Å². The number of nitrogens with one attached hydrogen (secondary N) is 2. The summed E-state index contributed by atoms with van der Waals surface area (Å²) in [5, 5.41) is 11.0. The van der Waals surface area contributed by atoms with Gasteiger partial charge in [0.25, 0.3) is 5.91 Å². The first-order valence-corrected chi connectivity index (χ1v) is 11.0. The maximum absolute atomic E-state index is 12.8. The highest BCUT2D eigenvalue weighted by Gasteiger charge is 2.27. The highest BCUT2D eigenvalue weighted by molar-refractivity contribution is 5.93. The molecule has 3 fully saturated rings. The Kier molecular flexibility index (Phi) is 7.95. The molecule has 0 radical (unpaired) electrons. The van der Waals surface area contributed by atoms with Crippen molar-refractivity contribution in [2.75, 3.05) is 19.6 Å². The van der Waals surface area contributed by atoms with Crippen molar-refractivity contribution in [3.05, 3.63) is 18.0 Å². The Labute approximate surface area is 179 Å². The van der Waals surface area contributed by atoms with Crippen molar-refractivity contribution in [2.45, 2.75) is 76.4 Å². The number of aromatic nitrogens is 2. The number of piperidine rings is 1. The number of hydrogen-bond acceptors (Lipinski definition) is 4. The fourth-order valence-electron chi connectivity index (χ4n) is 4.35. The van der Waals surface area contributed by atoms with Crippen LogP contribution >= 0.6 is 12.4 Å². The number of likely N-dealkylation sites (tertiary alicyclic amines) is 1. The van der Waals surface area contributed by atoms with Crippen molar-refractivity contribution in [1.82, 2.24) is 25.3 Å². The van der Waals surface area contributed by atoms with Crippen molar-refractivity contribution in [3.63, 3.8) is 0 Å². The zero-order valence-electron chi connectivity index (χ0n) is 17.1. The number of hydrogen-bond donors (Lipinski definition) is 2. The van der Waals surface area contributed by atoms with E-state index in [1.54, 1.807) is 17.1 Å². The summed E-state index contributed by atoms with van der Waals surface area (Å²) in [6, 6.07) is 0.837. The molecule has 162 valence electrons. The van der Waals surface area contributed by atoms with Gasteiger partial charge in [0, 0.05) is 31.4 Å². The summed E-state index contributed by atoms with van der Waals surface area (Å²) >= 11 is 0. The van der Waals surface area contributed by atoms with Crippen molar-refractivity contribution in [3.8, 4) is 0 Å². The summed E-state index contributed by atoms with van der Waals surface area (Å²) in [5.74, 6) is 0.900. The Bertz CT molecular complexity index is 676. The van der Waals surface area contributed by atoms with E-state index in [2.05, 4.69) is 15.7 Å². The average molecular weight is 424 g/mol. The number of rotatable bonds is 7. The third-order valence-electron chi connectivity index (χ3n) is 6.33. The predicted molar refractivity (Wildman–Crippen MR) is 114 cm³/mol. The molecule has 0 spiro atoms. The van der Waals surface area contributed by atoms with E-state index in [1.165, 1.54) is 32.1 Å². The Morgan fingerprint density at radius 2 is 1.72 bits per heavy atom. The first-order chi connectivity index (χ1) is 13.7. The van der Waals surface area contributed by atoms with Crippen LogP contribution in [0.1, 0.15) is 68.1 Å². The molecule has 0 unspecified atom stereocenters. The molecule has 1 saturated heterocycles. The van der Waals surface area contributed by atoms with Gasteiger partial charge in [0.1, 0.15) is 6.54 Å². The van der Waals surface area contributed by atoms with Gasteiger partial charge in [0.15, 0.2) is 0 Å². The molecule has 0 aromatic carbocycles. The van der Waals surface area contributed by atoms with Crippen LogP contribution in [0.15, 0.2) is 12.4 Å². The van der Waals surface area contributed by atoms with E-state index in [-0.39, 0.29) is 30.8 Å². The summed E-state index contributed by atoms with van der Waals surface area (Å²) in [6.07, 6.45) is 13.8. The molecule has 8 heteroatoms. The van der Waals surface area contributed by atoms with Crippen LogP contribution in [-0.4, -0.2) is 58.2 Å². The van der Waals surface area contributed by atoms with Gasteiger partial charge in [-0.25, -0.2) is 0 Å². The molecule has 2 N–H and O–H groups in total. The number of carbonyl (C=O) groups is 2. The van der Waals surface area contributed by atoms with Gasteiger partial charge in [-0.2, -0.15) is 5.10 Å². The molecule has 2 aliphatic carbocycles. The second-order valence-electron chi connectivity index (χ2n) is 8.75. The third kappa shape index (κ3) is 6.44. The average Bonchev–Trinajstić information content (AvgIpc) is 3.44. The minimum atomic E-state index is -0.0171. The summed E-state index contributed by atoms with van der Waals surface area (Å²) in [7, 11) is 0. The molecule has 2 amide bonds. The minimum Gasteiger partial charge on any atom is -0.352 e. The lowest BCUT2D eigenvalue weighted by atomic mass is 9.95. The Morgan fingerprint density at radius 3 is 2.41 bits per heavy atom. The molecule has 2 heterocycles. The predicted octanol–water partition coefficient (Wildman–Crippen LogP) is 2.36. The van der Waals surface area contributed by atoms with Gasteiger partial charge in [0.05, 0.1) is 11.8 Å². The van der Waals surface area contributed by atoms with Gasteiger partial charge in [0.2, 0.25) is 5.91 Å². The van der Waals surface area contributed by atoms with Crippen molar-refractivity contribution in [2.24, 2.45) is 5.92 Å². The second kappa shape index (κ2) is 10.4. The van der Waals surface area contributed by atoms with Crippen molar-refractivity contribution in [1.29, 1.82) is 0 Å². The summed E-state index contributed by atoms with van der Waals surface area (Å²) in [4.78, 5) is 26.9. The molecule has 4 rings (SSSR count). The van der Waals surface area contributed by atoms with Crippen LogP contribution in [0.3, 0.4) is 0 Å². The molecule has 1 aliphatic heterocycles. The van der Waals surface area contributed by atoms with Gasteiger partial charge in [-0.3, -0.25) is 14.3 Å². The molecule has 1 aromatic rings. The molecular weight excluding hydrogens is 390 g/mol. The van der Waals surface area contributed by atoms with Crippen molar-refractivity contribution < 1.29 is 9.59 Å². The molecular formula is C21H34ClN5O2. The van der Waals surface area contributed by atoms with Crippen LogP contribution in [-0.2, 0) is 11.3 Å². The standard InChI is InChI=1S/C21H33N5O2.ClH/c27-20(24-19-4-2-1-3-5-19)15-26-14-17(13-23-26)21(28)25-10-8-18(9-11-25)22-12-16-6-7-16;/h13-14,16,18-19,22H,1-12,15H2,(H,24,27);1H. The van der Waals surface area contributed by atoms with Crippen LogP contribution in [0.4, 0.5) is 0 Å².